The first-order chi connectivity index (χ1) is 9.20. The van der Waals surface area contributed by atoms with Gasteiger partial charge >= 0.3 is 0 Å². The van der Waals surface area contributed by atoms with E-state index in [1.807, 2.05) is 16.9 Å². The summed E-state index contributed by atoms with van der Waals surface area (Å²) in [6, 6.07) is 6.73. The van der Waals surface area contributed by atoms with Crippen LogP contribution < -0.4 is 5.32 Å². The molecule has 1 atom stereocenters. The molecule has 3 aromatic rings. The van der Waals surface area contributed by atoms with E-state index in [1.54, 1.807) is 12.3 Å². The third-order valence-electron chi connectivity index (χ3n) is 2.74. The third-order valence-corrected chi connectivity index (χ3v) is 3.69. The quantitative estimate of drug-likeness (QED) is 0.796. The van der Waals surface area contributed by atoms with Gasteiger partial charge in [0.1, 0.15) is 5.82 Å². The average Bonchev–Trinajstić information content (AvgIpc) is 2.97. The molecule has 0 saturated heterocycles. The molecule has 0 aliphatic heterocycles. The lowest BCUT2D eigenvalue weighted by Crippen LogP contribution is -2.22. The van der Waals surface area contributed by atoms with E-state index in [1.165, 1.54) is 23.5 Å². The van der Waals surface area contributed by atoms with Crippen LogP contribution in [0.25, 0.3) is 10.2 Å². The van der Waals surface area contributed by atoms with Crippen LogP contribution >= 0.6 is 11.3 Å². The van der Waals surface area contributed by atoms with Crippen molar-refractivity contribution in [3.05, 3.63) is 42.5 Å². The first kappa shape index (κ1) is 12.1. The van der Waals surface area contributed by atoms with E-state index in [9.17, 15) is 4.39 Å². The fourth-order valence-corrected chi connectivity index (χ4v) is 2.91. The van der Waals surface area contributed by atoms with Crippen LogP contribution in [0.15, 0.2) is 36.7 Å². The summed E-state index contributed by atoms with van der Waals surface area (Å²) in [6.45, 7) is 2.83. The van der Waals surface area contributed by atoms with Crippen LogP contribution in [0.4, 0.5) is 9.52 Å². The van der Waals surface area contributed by atoms with Crippen molar-refractivity contribution in [1.82, 2.24) is 14.8 Å². The molecule has 0 saturated carbocycles. The number of nitrogens with one attached hydrogen (secondary N) is 1. The van der Waals surface area contributed by atoms with Gasteiger partial charge in [-0.15, -0.1) is 0 Å². The molecule has 0 bridgehead atoms. The Kier molecular flexibility index (Phi) is 3.16. The fourth-order valence-electron chi connectivity index (χ4n) is 1.91. The zero-order valence-corrected chi connectivity index (χ0v) is 11.2. The lowest BCUT2D eigenvalue weighted by molar-refractivity contribution is 0.561. The van der Waals surface area contributed by atoms with Crippen molar-refractivity contribution in [2.45, 2.75) is 19.5 Å². The minimum Gasteiger partial charge on any atom is -0.357 e. The molecule has 98 valence electrons. The van der Waals surface area contributed by atoms with E-state index in [-0.39, 0.29) is 11.9 Å². The molecule has 19 heavy (non-hydrogen) atoms. The van der Waals surface area contributed by atoms with Crippen LogP contribution in [-0.4, -0.2) is 20.8 Å². The van der Waals surface area contributed by atoms with Crippen molar-refractivity contribution >= 4 is 26.7 Å². The lowest BCUT2D eigenvalue weighted by Gasteiger charge is -2.12. The normalized spacial score (nSPS) is 12.7. The molecule has 0 spiro atoms. The molecule has 0 aliphatic carbocycles. The minimum absolute atomic E-state index is 0.199. The maximum atomic E-state index is 13.1. The van der Waals surface area contributed by atoms with Gasteiger partial charge in [0.2, 0.25) is 0 Å². The molecule has 2 heterocycles. The number of thiazole rings is 1. The number of fused-ring (bicyclic) bond motifs is 1. The summed E-state index contributed by atoms with van der Waals surface area (Å²) in [5.41, 5.74) is 0.820. The largest absolute Gasteiger partial charge is 0.357 e. The van der Waals surface area contributed by atoms with E-state index in [2.05, 4.69) is 22.3 Å². The van der Waals surface area contributed by atoms with Crippen LogP contribution in [0.3, 0.4) is 0 Å². The molecule has 0 radical (unpaired) electrons. The summed E-state index contributed by atoms with van der Waals surface area (Å²) in [4.78, 5) is 4.43. The van der Waals surface area contributed by atoms with E-state index < -0.39 is 0 Å². The molecule has 4 nitrogen and oxygen atoms in total. The topological polar surface area (TPSA) is 42.7 Å². The van der Waals surface area contributed by atoms with E-state index >= 15 is 0 Å². The van der Waals surface area contributed by atoms with Crippen LogP contribution in [0, 0.1) is 5.82 Å². The fraction of sp³-hybridized carbons (Fsp3) is 0.231. The van der Waals surface area contributed by atoms with E-state index in [4.69, 9.17) is 0 Å². The smallest absolute Gasteiger partial charge is 0.184 e. The zero-order valence-electron chi connectivity index (χ0n) is 10.4. The highest BCUT2D eigenvalue weighted by Crippen LogP contribution is 2.26. The number of halogens is 1. The Morgan fingerprint density at radius 3 is 3.16 bits per heavy atom. The van der Waals surface area contributed by atoms with Gasteiger partial charge in [-0.1, -0.05) is 11.3 Å². The highest BCUT2D eigenvalue weighted by molar-refractivity contribution is 7.22. The first-order valence-corrected chi connectivity index (χ1v) is 6.82. The van der Waals surface area contributed by atoms with Crippen molar-refractivity contribution in [3.63, 3.8) is 0 Å². The van der Waals surface area contributed by atoms with Crippen molar-refractivity contribution in [1.29, 1.82) is 0 Å². The van der Waals surface area contributed by atoms with Gasteiger partial charge in [0.25, 0.3) is 0 Å². The van der Waals surface area contributed by atoms with Crippen molar-refractivity contribution in [3.8, 4) is 0 Å². The number of rotatable bonds is 4. The van der Waals surface area contributed by atoms with Crippen LogP contribution in [0.5, 0.6) is 0 Å². The standard InChI is InChI=1S/C13H13FN4S/c1-9(8-18-6-2-5-15-18)16-13-17-11-4-3-10(14)7-12(11)19-13/h2-7,9H,8H2,1H3,(H,16,17). The summed E-state index contributed by atoms with van der Waals surface area (Å²) in [7, 11) is 0. The molecule has 2 aromatic heterocycles. The number of nitrogens with zero attached hydrogens (tertiary/aromatic N) is 3. The second-order valence-corrected chi connectivity index (χ2v) is 5.44. The monoisotopic (exact) mass is 276 g/mol. The van der Waals surface area contributed by atoms with Crippen LogP contribution in [-0.2, 0) is 6.54 Å². The van der Waals surface area contributed by atoms with Gasteiger partial charge in [0.05, 0.1) is 16.8 Å². The predicted octanol–water partition coefficient (Wildman–Crippen LogP) is 3.13. The number of anilines is 1. The molecule has 1 N–H and O–H groups in total. The molecule has 6 heteroatoms. The van der Waals surface area contributed by atoms with Crippen molar-refractivity contribution in [2.24, 2.45) is 0 Å². The zero-order chi connectivity index (χ0) is 13.2. The summed E-state index contributed by atoms with van der Waals surface area (Å²) < 4.78 is 15.8. The van der Waals surface area contributed by atoms with Gasteiger partial charge in [-0.25, -0.2) is 9.37 Å². The number of aromatic nitrogens is 3. The summed E-state index contributed by atoms with van der Waals surface area (Å²) >= 11 is 1.46. The molecule has 1 unspecified atom stereocenters. The molecular formula is C13H13FN4S. The highest BCUT2D eigenvalue weighted by Gasteiger charge is 2.08. The Hall–Kier alpha value is -1.95. The van der Waals surface area contributed by atoms with Gasteiger partial charge in [0.15, 0.2) is 5.13 Å². The Balaban J connectivity index is 1.74. The second kappa shape index (κ2) is 4.97. The van der Waals surface area contributed by atoms with E-state index in [0.29, 0.717) is 0 Å². The summed E-state index contributed by atoms with van der Waals surface area (Å²) in [5, 5.41) is 8.28. The molecular weight excluding hydrogens is 263 g/mol. The van der Waals surface area contributed by atoms with Gasteiger partial charge in [-0.3, -0.25) is 4.68 Å². The van der Waals surface area contributed by atoms with Gasteiger partial charge in [-0.2, -0.15) is 5.10 Å². The number of hydrogen-bond acceptors (Lipinski definition) is 4. The molecule has 0 aliphatic rings. The Labute approximate surface area is 113 Å². The Morgan fingerprint density at radius 2 is 2.37 bits per heavy atom. The Bertz CT molecular complexity index is 677. The first-order valence-electron chi connectivity index (χ1n) is 6.01. The number of benzene rings is 1. The molecule has 3 rings (SSSR count). The maximum Gasteiger partial charge on any atom is 0.184 e. The minimum atomic E-state index is -0.229. The van der Waals surface area contributed by atoms with Gasteiger partial charge < -0.3 is 5.32 Å². The van der Waals surface area contributed by atoms with Crippen LogP contribution in [0.1, 0.15) is 6.92 Å². The molecule has 0 fully saturated rings. The Morgan fingerprint density at radius 1 is 1.47 bits per heavy atom. The lowest BCUT2D eigenvalue weighted by atomic mass is 10.3. The molecule has 1 aromatic carbocycles. The number of hydrogen-bond donors (Lipinski definition) is 1. The SMILES string of the molecule is CC(Cn1cccn1)Nc1nc2ccc(F)cc2s1. The second-order valence-electron chi connectivity index (χ2n) is 4.40. The van der Waals surface area contributed by atoms with Gasteiger partial charge in [-0.05, 0) is 31.2 Å². The maximum absolute atomic E-state index is 13.1. The highest BCUT2D eigenvalue weighted by atomic mass is 32.1. The van der Waals surface area contributed by atoms with Crippen molar-refractivity contribution < 1.29 is 4.39 Å². The average molecular weight is 276 g/mol. The predicted molar refractivity (Wildman–Crippen MR) is 74.9 cm³/mol. The summed E-state index contributed by atoms with van der Waals surface area (Å²) in [6.07, 6.45) is 3.68. The van der Waals surface area contributed by atoms with E-state index in [0.717, 1.165) is 21.9 Å². The van der Waals surface area contributed by atoms with Crippen LogP contribution in [0.2, 0.25) is 0 Å². The van der Waals surface area contributed by atoms with Crippen molar-refractivity contribution in [2.75, 3.05) is 5.32 Å². The van der Waals surface area contributed by atoms with Gasteiger partial charge in [0, 0.05) is 18.4 Å². The summed E-state index contributed by atoms with van der Waals surface area (Å²) in [5.74, 6) is -0.229. The molecule has 0 amide bonds. The third kappa shape index (κ3) is 2.73.